The van der Waals surface area contributed by atoms with Crippen molar-refractivity contribution in [2.24, 2.45) is 0 Å². The number of hydrogen-bond acceptors (Lipinski definition) is 4. The van der Waals surface area contributed by atoms with E-state index in [1.165, 1.54) is 9.88 Å². The van der Waals surface area contributed by atoms with Gasteiger partial charge in [0.2, 0.25) is 0 Å². The van der Waals surface area contributed by atoms with E-state index in [1.807, 2.05) is 18.0 Å². The van der Waals surface area contributed by atoms with Crippen LogP contribution in [0.3, 0.4) is 0 Å². The lowest BCUT2D eigenvalue weighted by molar-refractivity contribution is 0.734. The van der Waals surface area contributed by atoms with Crippen LogP contribution in [-0.4, -0.2) is 17.8 Å². The van der Waals surface area contributed by atoms with Gasteiger partial charge in [0, 0.05) is 23.4 Å². The highest BCUT2D eigenvalue weighted by molar-refractivity contribution is 7.97. The molecule has 0 saturated carbocycles. The Balaban J connectivity index is 2.41. The number of thioether (sulfide) groups is 1. The molecule has 1 aromatic rings. The van der Waals surface area contributed by atoms with Crippen LogP contribution in [0.2, 0.25) is 0 Å². The van der Waals surface area contributed by atoms with Crippen LogP contribution in [0.4, 0.5) is 0 Å². The highest BCUT2D eigenvalue weighted by Crippen LogP contribution is 2.16. The van der Waals surface area contributed by atoms with Crippen molar-refractivity contribution >= 4 is 23.1 Å². The molecule has 4 heteroatoms. The van der Waals surface area contributed by atoms with E-state index < -0.39 is 0 Å². The van der Waals surface area contributed by atoms with E-state index in [4.69, 9.17) is 0 Å². The summed E-state index contributed by atoms with van der Waals surface area (Å²) in [5.41, 5.74) is 0. The third kappa shape index (κ3) is 3.13. The Morgan fingerprint density at radius 2 is 2.50 bits per heavy atom. The van der Waals surface area contributed by atoms with Crippen LogP contribution in [-0.2, 0) is 12.3 Å². The Morgan fingerprint density at radius 1 is 1.67 bits per heavy atom. The molecule has 0 aliphatic carbocycles. The zero-order valence-corrected chi connectivity index (χ0v) is 9.10. The van der Waals surface area contributed by atoms with Gasteiger partial charge in [-0.15, -0.1) is 11.3 Å². The van der Waals surface area contributed by atoms with Gasteiger partial charge in [-0.25, -0.2) is 4.98 Å². The zero-order valence-electron chi connectivity index (χ0n) is 7.46. The van der Waals surface area contributed by atoms with Crippen molar-refractivity contribution in [3.63, 3.8) is 0 Å². The van der Waals surface area contributed by atoms with Crippen molar-refractivity contribution in [3.05, 3.63) is 16.1 Å². The predicted octanol–water partition coefficient (Wildman–Crippen LogP) is 2.12. The summed E-state index contributed by atoms with van der Waals surface area (Å²) < 4.78 is 0. The maximum Gasteiger partial charge on any atom is 0.103 e. The first kappa shape index (κ1) is 10.0. The lowest BCUT2D eigenvalue weighted by Crippen LogP contribution is -2.10. The van der Waals surface area contributed by atoms with Gasteiger partial charge in [0.25, 0.3) is 0 Å². The Morgan fingerprint density at radius 3 is 3.17 bits per heavy atom. The van der Waals surface area contributed by atoms with Crippen molar-refractivity contribution in [3.8, 4) is 0 Å². The first-order valence-corrected chi connectivity index (χ1v) is 6.21. The van der Waals surface area contributed by atoms with Crippen LogP contribution in [0.5, 0.6) is 0 Å². The summed E-state index contributed by atoms with van der Waals surface area (Å²) in [7, 11) is 0. The van der Waals surface area contributed by atoms with Crippen LogP contribution in [0.15, 0.2) is 6.20 Å². The molecule has 0 bridgehead atoms. The third-order valence-corrected chi connectivity index (χ3v) is 3.16. The first-order valence-electron chi connectivity index (χ1n) is 4.00. The fourth-order valence-electron chi connectivity index (χ4n) is 0.868. The third-order valence-electron chi connectivity index (χ3n) is 1.42. The van der Waals surface area contributed by atoms with Gasteiger partial charge in [-0.3, -0.25) is 0 Å². The van der Waals surface area contributed by atoms with Gasteiger partial charge in [-0.2, -0.15) is 11.8 Å². The van der Waals surface area contributed by atoms with E-state index >= 15 is 0 Å². The molecule has 1 N–H and O–H groups in total. The summed E-state index contributed by atoms with van der Waals surface area (Å²) in [4.78, 5) is 5.65. The fraction of sp³-hybridized carbons (Fsp3) is 0.625. The molecule has 0 saturated heterocycles. The summed E-state index contributed by atoms with van der Waals surface area (Å²) in [6.45, 7) is 4.10. The fourth-order valence-corrected chi connectivity index (χ4v) is 2.47. The largest absolute Gasteiger partial charge is 0.312 e. The van der Waals surface area contributed by atoms with Crippen molar-refractivity contribution in [1.29, 1.82) is 0 Å². The number of aromatic nitrogens is 1. The molecule has 0 aromatic carbocycles. The van der Waals surface area contributed by atoms with Gasteiger partial charge in [-0.05, 0) is 12.8 Å². The van der Waals surface area contributed by atoms with Gasteiger partial charge in [0.1, 0.15) is 5.01 Å². The molecule has 0 amide bonds. The van der Waals surface area contributed by atoms with Crippen LogP contribution < -0.4 is 5.32 Å². The number of rotatable bonds is 5. The molecule has 2 nitrogen and oxygen atoms in total. The van der Waals surface area contributed by atoms with E-state index in [1.54, 1.807) is 11.3 Å². The van der Waals surface area contributed by atoms with Crippen molar-refractivity contribution in [1.82, 2.24) is 10.3 Å². The summed E-state index contributed by atoms with van der Waals surface area (Å²) in [5.74, 6) is 1.04. The molecule has 0 aliphatic heterocycles. The summed E-state index contributed by atoms with van der Waals surface area (Å²) >= 11 is 3.62. The Kier molecular flexibility index (Phi) is 4.65. The molecule has 0 fully saturated rings. The Bertz CT molecular complexity index is 223. The lowest BCUT2D eigenvalue weighted by Gasteiger charge is -1.94. The minimum absolute atomic E-state index is 0.961. The van der Waals surface area contributed by atoms with Crippen molar-refractivity contribution in [2.45, 2.75) is 19.2 Å². The van der Waals surface area contributed by atoms with Crippen LogP contribution in [0, 0.1) is 0 Å². The van der Waals surface area contributed by atoms with Gasteiger partial charge >= 0.3 is 0 Å². The summed E-state index contributed by atoms with van der Waals surface area (Å²) in [6, 6.07) is 0. The first-order chi connectivity index (χ1) is 5.86. The SMILES string of the molecule is CCNCc1cnc(CSC)s1. The van der Waals surface area contributed by atoms with Crippen LogP contribution >= 0.6 is 23.1 Å². The van der Waals surface area contributed by atoms with Gasteiger partial charge in [0.05, 0.1) is 0 Å². The van der Waals surface area contributed by atoms with E-state index in [-0.39, 0.29) is 0 Å². The topological polar surface area (TPSA) is 24.9 Å². The van der Waals surface area contributed by atoms with Gasteiger partial charge in [-0.1, -0.05) is 6.92 Å². The molecule has 1 aromatic heterocycles. The number of thiazole rings is 1. The molecule has 0 atom stereocenters. The number of nitrogens with one attached hydrogen (secondary N) is 1. The van der Waals surface area contributed by atoms with Crippen molar-refractivity contribution < 1.29 is 0 Å². The van der Waals surface area contributed by atoms with Gasteiger partial charge in [0.15, 0.2) is 0 Å². The molecule has 1 heterocycles. The molecular weight excluding hydrogens is 188 g/mol. The van der Waals surface area contributed by atoms with E-state index in [0.29, 0.717) is 0 Å². The minimum atomic E-state index is 0.961. The Labute approximate surface area is 81.8 Å². The minimum Gasteiger partial charge on any atom is -0.312 e. The predicted molar refractivity (Wildman–Crippen MR) is 56.7 cm³/mol. The second kappa shape index (κ2) is 5.56. The van der Waals surface area contributed by atoms with E-state index in [0.717, 1.165) is 18.8 Å². The highest BCUT2D eigenvalue weighted by atomic mass is 32.2. The molecule has 0 unspecified atom stereocenters. The lowest BCUT2D eigenvalue weighted by atomic mass is 10.5. The van der Waals surface area contributed by atoms with E-state index in [9.17, 15) is 0 Å². The number of hydrogen-bond donors (Lipinski definition) is 1. The molecule has 0 radical (unpaired) electrons. The second-order valence-electron chi connectivity index (χ2n) is 2.43. The zero-order chi connectivity index (χ0) is 8.81. The average Bonchev–Trinajstić information content (AvgIpc) is 2.50. The Hall–Kier alpha value is -0.0600. The molecule has 12 heavy (non-hydrogen) atoms. The average molecular weight is 202 g/mol. The maximum absolute atomic E-state index is 4.32. The number of nitrogens with zero attached hydrogens (tertiary/aromatic N) is 1. The standard InChI is InChI=1S/C8H14N2S2/c1-3-9-4-7-5-10-8(12-7)6-11-2/h5,9H,3-4,6H2,1-2H3. The smallest absolute Gasteiger partial charge is 0.103 e. The highest BCUT2D eigenvalue weighted by Gasteiger charge is 1.99. The molecular formula is C8H14N2S2. The normalized spacial score (nSPS) is 10.5. The summed E-state index contributed by atoms with van der Waals surface area (Å²) in [6.07, 6.45) is 4.07. The second-order valence-corrected chi connectivity index (χ2v) is 4.50. The van der Waals surface area contributed by atoms with Crippen molar-refractivity contribution in [2.75, 3.05) is 12.8 Å². The van der Waals surface area contributed by atoms with E-state index in [2.05, 4.69) is 23.5 Å². The maximum atomic E-state index is 4.32. The molecule has 0 spiro atoms. The molecule has 68 valence electrons. The summed E-state index contributed by atoms with van der Waals surface area (Å²) in [5, 5.41) is 4.52. The quantitative estimate of drug-likeness (QED) is 0.791. The monoisotopic (exact) mass is 202 g/mol. The molecule has 0 aliphatic rings. The van der Waals surface area contributed by atoms with Crippen LogP contribution in [0.25, 0.3) is 0 Å². The van der Waals surface area contributed by atoms with Crippen LogP contribution in [0.1, 0.15) is 16.8 Å². The molecule has 1 rings (SSSR count). The van der Waals surface area contributed by atoms with Gasteiger partial charge < -0.3 is 5.32 Å².